The molecule has 10 rings (SSSR count). The van der Waals surface area contributed by atoms with Gasteiger partial charge in [-0.25, -0.2) is 41.5 Å². The normalized spacial score (nSPS) is 22.8. The molecule has 300 valence electrons. The first-order chi connectivity index (χ1) is 28.6. The molecule has 8 heterocycles. The molecule has 2 aromatic carbocycles. The smallest absolute Gasteiger partial charge is 0.280 e. The van der Waals surface area contributed by atoms with Gasteiger partial charge in [0, 0.05) is 59.8 Å². The van der Waals surface area contributed by atoms with Crippen LogP contribution in [0.15, 0.2) is 91.8 Å². The first-order valence-corrected chi connectivity index (χ1v) is 19.8. The van der Waals surface area contributed by atoms with Crippen molar-refractivity contribution in [1.82, 2.24) is 49.1 Å². The van der Waals surface area contributed by atoms with Crippen molar-refractivity contribution < 1.29 is 17.6 Å². The Morgan fingerprint density at radius 3 is 1.88 bits per heavy atom. The van der Waals surface area contributed by atoms with E-state index in [4.69, 9.17) is 9.97 Å². The van der Waals surface area contributed by atoms with E-state index >= 15 is 0 Å². The summed E-state index contributed by atoms with van der Waals surface area (Å²) in [5, 5.41) is 11.9. The summed E-state index contributed by atoms with van der Waals surface area (Å²) in [4.78, 5) is 31.3. The van der Waals surface area contributed by atoms with Gasteiger partial charge in [-0.1, -0.05) is 50.2 Å². The maximum atomic E-state index is 14.3. The quantitative estimate of drug-likeness (QED) is 0.145. The van der Waals surface area contributed by atoms with Crippen LogP contribution in [0.25, 0.3) is 33.2 Å². The summed E-state index contributed by atoms with van der Waals surface area (Å²) in [7, 11) is 0. The number of hydrogen-bond donors (Lipinski definition) is 0. The van der Waals surface area contributed by atoms with Crippen LogP contribution in [0.1, 0.15) is 79.7 Å². The lowest BCUT2D eigenvalue weighted by molar-refractivity contribution is 0.145. The molecule has 0 aliphatic carbocycles. The fraction of sp³-hybridized carbons (Fsp3) is 0.349. The molecular weight excluding hydrogens is 761 g/mol. The number of aromatic nitrogens is 10. The third-order valence-corrected chi connectivity index (χ3v) is 12.6. The second kappa shape index (κ2) is 14.5. The predicted molar refractivity (Wildman–Crippen MR) is 215 cm³/mol. The zero-order valence-electron chi connectivity index (χ0n) is 32.5. The van der Waals surface area contributed by atoms with Gasteiger partial charge >= 0.3 is 0 Å². The SMILES string of the molecule is Cc1cccc2ccnc(N3C[C@@H](c4cc(C(F)F)nc5ncnn45)[C@H](C)CC3C3C[C@@H](C)[C@H](c4cc(C(F)F)nc5ncnn45)CN3c3ccnc4ccccc34)c12. The van der Waals surface area contributed by atoms with Crippen LogP contribution in [0.4, 0.5) is 29.1 Å². The Balaban J connectivity index is 1.15. The van der Waals surface area contributed by atoms with Crippen LogP contribution in [0.5, 0.6) is 0 Å². The van der Waals surface area contributed by atoms with Gasteiger partial charge in [0.1, 0.15) is 29.9 Å². The summed E-state index contributed by atoms with van der Waals surface area (Å²) in [5.41, 5.74) is 3.46. The molecule has 0 bridgehead atoms. The average Bonchev–Trinajstić information content (AvgIpc) is 3.93. The fourth-order valence-corrected chi connectivity index (χ4v) is 9.82. The van der Waals surface area contributed by atoms with Gasteiger partial charge in [0.15, 0.2) is 0 Å². The molecule has 6 aromatic heterocycles. The number of nitrogens with zero attached hydrogens (tertiary/aromatic N) is 12. The molecule has 2 unspecified atom stereocenters. The second-order valence-corrected chi connectivity index (χ2v) is 16.0. The van der Waals surface area contributed by atoms with E-state index in [0.717, 1.165) is 38.7 Å². The number of para-hydroxylation sites is 1. The largest absolute Gasteiger partial charge is 0.365 e. The number of fused-ring (bicyclic) bond motifs is 4. The second-order valence-electron chi connectivity index (χ2n) is 16.0. The minimum absolute atomic E-state index is 0.000260. The summed E-state index contributed by atoms with van der Waals surface area (Å²) >= 11 is 0. The molecule has 59 heavy (non-hydrogen) atoms. The molecular formula is C43H40F4N12. The summed E-state index contributed by atoms with van der Waals surface area (Å²) < 4.78 is 60.5. The zero-order valence-corrected chi connectivity index (χ0v) is 32.5. The molecule has 8 aromatic rings. The molecule has 2 aliphatic heterocycles. The summed E-state index contributed by atoms with van der Waals surface area (Å²) in [6.07, 6.45) is 2.15. The number of halogens is 4. The predicted octanol–water partition coefficient (Wildman–Crippen LogP) is 8.54. The molecule has 0 radical (unpaired) electrons. The summed E-state index contributed by atoms with van der Waals surface area (Å²) in [5.74, 6) is 0.615. The molecule has 0 saturated carbocycles. The van der Waals surface area contributed by atoms with Gasteiger partial charge in [-0.15, -0.1) is 0 Å². The molecule has 0 amide bonds. The van der Waals surface area contributed by atoms with E-state index < -0.39 is 12.9 Å². The van der Waals surface area contributed by atoms with Gasteiger partial charge in [-0.3, -0.25) is 4.98 Å². The van der Waals surface area contributed by atoms with Crippen LogP contribution >= 0.6 is 0 Å². The number of anilines is 2. The van der Waals surface area contributed by atoms with Gasteiger partial charge < -0.3 is 9.80 Å². The van der Waals surface area contributed by atoms with E-state index in [1.165, 1.54) is 24.8 Å². The Kier molecular flexibility index (Phi) is 9.09. The van der Waals surface area contributed by atoms with Crippen LogP contribution in [0.2, 0.25) is 0 Å². The first-order valence-electron chi connectivity index (χ1n) is 19.8. The lowest BCUT2D eigenvalue weighted by Gasteiger charge is -2.54. The van der Waals surface area contributed by atoms with Gasteiger partial charge in [-0.2, -0.15) is 20.2 Å². The van der Waals surface area contributed by atoms with Gasteiger partial charge in [-0.05, 0) is 72.9 Å². The number of pyridine rings is 2. The van der Waals surface area contributed by atoms with E-state index in [0.29, 0.717) is 37.3 Å². The van der Waals surface area contributed by atoms with Crippen molar-refractivity contribution in [1.29, 1.82) is 0 Å². The van der Waals surface area contributed by atoms with Crippen molar-refractivity contribution in [3.8, 4) is 0 Å². The molecule has 0 spiro atoms. The Labute approximate surface area is 336 Å². The molecule has 2 aliphatic rings. The molecule has 0 N–H and O–H groups in total. The minimum atomic E-state index is -2.78. The highest BCUT2D eigenvalue weighted by molar-refractivity contribution is 5.95. The number of rotatable bonds is 7. The highest BCUT2D eigenvalue weighted by Crippen LogP contribution is 2.47. The minimum Gasteiger partial charge on any atom is -0.365 e. The molecule has 2 saturated heterocycles. The van der Waals surface area contributed by atoms with Crippen molar-refractivity contribution in [2.45, 2.75) is 70.4 Å². The average molecular weight is 801 g/mol. The number of benzene rings is 2. The van der Waals surface area contributed by atoms with Crippen LogP contribution < -0.4 is 9.80 Å². The van der Waals surface area contributed by atoms with Crippen molar-refractivity contribution in [3.63, 3.8) is 0 Å². The van der Waals surface area contributed by atoms with Crippen molar-refractivity contribution >= 4 is 44.7 Å². The topological polar surface area (TPSA) is 118 Å². The molecule has 6 atom stereocenters. The number of aryl methyl sites for hydroxylation is 1. The number of alkyl halides is 4. The van der Waals surface area contributed by atoms with Gasteiger partial charge in [0.25, 0.3) is 24.4 Å². The third-order valence-electron chi connectivity index (χ3n) is 12.6. The van der Waals surface area contributed by atoms with Crippen LogP contribution in [0.3, 0.4) is 0 Å². The maximum Gasteiger partial charge on any atom is 0.280 e. The molecule has 2 fully saturated rings. The van der Waals surface area contributed by atoms with E-state index in [1.54, 1.807) is 9.03 Å². The summed E-state index contributed by atoms with van der Waals surface area (Å²) in [6, 6.07) is 21.0. The lowest BCUT2D eigenvalue weighted by atomic mass is 9.73. The number of hydrogen-bond acceptors (Lipinski definition) is 10. The lowest BCUT2D eigenvalue weighted by Crippen LogP contribution is -2.60. The Hall–Kier alpha value is -6.32. The van der Waals surface area contributed by atoms with Crippen molar-refractivity contribution in [2.24, 2.45) is 11.8 Å². The Morgan fingerprint density at radius 1 is 0.644 bits per heavy atom. The zero-order chi connectivity index (χ0) is 40.5. The van der Waals surface area contributed by atoms with Crippen molar-refractivity contribution in [2.75, 3.05) is 22.9 Å². The molecule has 16 heteroatoms. The van der Waals surface area contributed by atoms with Gasteiger partial charge in [0.2, 0.25) is 0 Å². The monoisotopic (exact) mass is 800 g/mol. The van der Waals surface area contributed by atoms with Crippen molar-refractivity contribution in [3.05, 3.63) is 120 Å². The standard InChI is InChI=1S/C43H40F4N12/c1-23-7-6-8-26-11-13-49-41(38(23)26)57-20-29(35-18-32(40(46)47)55-43-51-22-53-59(35)43)25(3)16-37(57)36-15-24(2)28(34-17-31(39(44)45)54-42-50-21-52-58(34)42)19-56(36)33-12-14-48-30-10-5-4-9-27(30)33/h4-14,17-18,21-22,24-25,28-29,36-37,39-40H,15-16,19-20H2,1-3H3/t24-,25-,28-,29-,36?,37?/m1/s1. The fourth-order valence-electron chi connectivity index (χ4n) is 9.82. The number of piperidine rings is 2. The third kappa shape index (κ3) is 6.27. The Morgan fingerprint density at radius 2 is 1.24 bits per heavy atom. The maximum absolute atomic E-state index is 14.3. The first kappa shape index (κ1) is 37.0. The van der Waals surface area contributed by atoms with E-state index in [1.807, 2.05) is 48.8 Å². The highest BCUT2D eigenvalue weighted by atomic mass is 19.3. The Bertz CT molecular complexity index is 2830. The molecule has 12 nitrogen and oxygen atoms in total. The van der Waals surface area contributed by atoms with E-state index in [9.17, 15) is 17.6 Å². The van der Waals surface area contributed by atoms with Crippen LogP contribution in [-0.2, 0) is 0 Å². The summed E-state index contributed by atoms with van der Waals surface area (Å²) in [6.45, 7) is 7.36. The van der Waals surface area contributed by atoms with E-state index in [2.05, 4.69) is 78.9 Å². The highest BCUT2D eigenvalue weighted by Gasteiger charge is 2.47. The van der Waals surface area contributed by atoms with Gasteiger partial charge in [0.05, 0.1) is 22.9 Å². The van der Waals surface area contributed by atoms with Crippen LogP contribution in [-0.4, -0.2) is 74.3 Å². The van der Waals surface area contributed by atoms with E-state index in [-0.39, 0.29) is 58.7 Å². The van der Waals surface area contributed by atoms with Crippen LogP contribution in [0, 0.1) is 18.8 Å².